The molecule has 1 rings (SSSR count). The summed E-state index contributed by atoms with van der Waals surface area (Å²) in [4.78, 5) is 13.5. The summed E-state index contributed by atoms with van der Waals surface area (Å²) in [7, 11) is 0. The van der Waals surface area contributed by atoms with Gasteiger partial charge in [0.15, 0.2) is 0 Å². The Morgan fingerprint density at radius 1 is 1.47 bits per heavy atom. The van der Waals surface area contributed by atoms with E-state index in [1.165, 1.54) is 0 Å². The normalized spacial score (nSPS) is 20.1. The van der Waals surface area contributed by atoms with Gasteiger partial charge in [-0.2, -0.15) is 0 Å². The highest BCUT2D eigenvalue weighted by molar-refractivity contribution is 5.67. The minimum absolute atomic E-state index is 0.0573. The molecule has 0 aliphatic carbocycles. The highest BCUT2D eigenvalue weighted by Gasteiger charge is 2.22. The molecule has 88 valence electrons. The number of hydrogen-bond donors (Lipinski definition) is 0. The van der Waals surface area contributed by atoms with Crippen molar-refractivity contribution in [3.05, 3.63) is 0 Å². The van der Waals surface area contributed by atoms with Crippen molar-refractivity contribution < 1.29 is 9.53 Å². The fourth-order valence-corrected chi connectivity index (χ4v) is 1.90. The summed E-state index contributed by atoms with van der Waals surface area (Å²) in [5.74, 6) is 0.752. The fourth-order valence-electron chi connectivity index (χ4n) is 1.90. The van der Waals surface area contributed by atoms with E-state index in [1.807, 2.05) is 11.8 Å². The molecule has 0 aromatic rings. The molecule has 1 aliphatic heterocycles. The van der Waals surface area contributed by atoms with E-state index in [2.05, 4.69) is 13.8 Å². The molecule has 3 heteroatoms. The average Bonchev–Trinajstić information content (AvgIpc) is 2.18. The van der Waals surface area contributed by atoms with Gasteiger partial charge in [-0.15, -0.1) is 0 Å². The molecule has 1 heterocycles. The van der Waals surface area contributed by atoms with Gasteiger partial charge in [-0.1, -0.05) is 20.3 Å². The molecule has 15 heavy (non-hydrogen) atoms. The Hall–Kier alpha value is -0.730. The second-order valence-corrected chi connectivity index (χ2v) is 4.65. The van der Waals surface area contributed by atoms with Gasteiger partial charge in [0.25, 0.3) is 0 Å². The number of nitrogens with zero attached hydrogens (tertiary/aromatic N) is 1. The van der Waals surface area contributed by atoms with E-state index < -0.39 is 0 Å². The first-order valence-corrected chi connectivity index (χ1v) is 6.09. The van der Waals surface area contributed by atoms with Crippen LogP contribution in [0.1, 0.15) is 46.5 Å². The molecule has 0 radical (unpaired) electrons. The van der Waals surface area contributed by atoms with Gasteiger partial charge in [-0.05, 0) is 32.1 Å². The number of rotatable bonds is 3. The number of carbonyl (C=O) groups excluding carboxylic acids is 1. The molecule has 0 aromatic carbocycles. The van der Waals surface area contributed by atoms with E-state index >= 15 is 0 Å². The zero-order chi connectivity index (χ0) is 11.3. The number of piperidine rings is 1. The van der Waals surface area contributed by atoms with Crippen LogP contribution < -0.4 is 0 Å². The molecule has 1 atom stereocenters. The van der Waals surface area contributed by atoms with Crippen LogP contribution in [0.2, 0.25) is 0 Å². The van der Waals surface area contributed by atoms with Crippen LogP contribution >= 0.6 is 0 Å². The summed E-state index contributed by atoms with van der Waals surface area (Å²) in [5.41, 5.74) is 0. The Kier molecular flexibility index (Phi) is 4.92. The Labute approximate surface area is 92.8 Å². The van der Waals surface area contributed by atoms with E-state index in [4.69, 9.17) is 4.74 Å². The lowest BCUT2D eigenvalue weighted by molar-refractivity contribution is 0.0570. The maximum atomic E-state index is 11.7. The van der Waals surface area contributed by atoms with E-state index in [-0.39, 0.29) is 12.2 Å². The van der Waals surface area contributed by atoms with Crippen molar-refractivity contribution in [3.8, 4) is 0 Å². The minimum Gasteiger partial charge on any atom is -0.446 e. The first-order valence-electron chi connectivity index (χ1n) is 6.09. The highest BCUT2D eigenvalue weighted by atomic mass is 16.6. The third-order valence-corrected chi connectivity index (χ3v) is 3.04. The van der Waals surface area contributed by atoms with Crippen LogP contribution in [0.3, 0.4) is 0 Å². The molecule has 0 saturated carbocycles. The van der Waals surface area contributed by atoms with Crippen LogP contribution in [-0.2, 0) is 4.74 Å². The standard InChI is InChI=1S/C12H23NO2/c1-4-5-11(3)15-12(14)13-8-6-10(2)7-9-13/h10-11H,4-9H2,1-3H3. The second kappa shape index (κ2) is 5.99. The van der Waals surface area contributed by atoms with Gasteiger partial charge in [0.05, 0.1) is 0 Å². The molecule has 0 aromatic heterocycles. The second-order valence-electron chi connectivity index (χ2n) is 4.65. The smallest absolute Gasteiger partial charge is 0.410 e. The lowest BCUT2D eigenvalue weighted by atomic mass is 10.00. The lowest BCUT2D eigenvalue weighted by Crippen LogP contribution is -2.39. The molecule has 0 spiro atoms. The molecule has 1 aliphatic rings. The number of ether oxygens (including phenoxy) is 1. The Morgan fingerprint density at radius 3 is 2.60 bits per heavy atom. The van der Waals surface area contributed by atoms with E-state index in [0.717, 1.165) is 44.7 Å². The van der Waals surface area contributed by atoms with E-state index in [9.17, 15) is 4.79 Å². The van der Waals surface area contributed by atoms with Gasteiger partial charge in [0.1, 0.15) is 6.10 Å². The molecule has 0 N–H and O–H groups in total. The first kappa shape index (κ1) is 12.3. The number of hydrogen-bond acceptors (Lipinski definition) is 2. The molecule has 1 saturated heterocycles. The van der Waals surface area contributed by atoms with Crippen molar-refractivity contribution in [3.63, 3.8) is 0 Å². The van der Waals surface area contributed by atoms with Crippen LogP contribution in [0, 0.1) is 5.92 Å². The zero-order valence-corrected chi connectivity index (χ0v) is 10.2. The summed E-state index contributed by atoms with van der Waals surface area (Å²) >= 11 is 0. The molecular formula is C12H23NO2. The summed E-state index contributed by atoms with van der Waals surface area (Å²) in [5, 5.41) is 0. The topological polar surface area (TPSA) is 29.5 Å². The van der Waals surface area contributed by atoms with Gasteiger partial charge in [-0.25, -0.2) is 4.79 Å². The molecule has 1 unspecified atom stereocenters. The highest BCUT2D eigenvalue weighted by Crippen LogP contribution is 2.17. The molecule has 1 amide bonds. The molecule has 0 bridgehead atoms. The molecular weight excluding hydrogens is 190 g/mol. The van der Waals surface area contributed by atoms with Gasteiger partial charge in [0.2, 0.25) is 0 Å². The molecule has 3 nitrogen and oxygen atoms in total. The quantitative estimate of drug-likeness (QED) is 0.721. The van der Waals surface area contributed by atoms with Crippen LogP contribution in [0.15, 0.2) is 0 Å². The largest absolute Gasteiger partial charge is 0.446 e. The minimum atomic E-state index is -0.122. The van der Waals surface area contributed by atoms with Crippen molar-refractivity contribution in [2.75, 3.05) is 13.1 Å². The Bertz CT molecular complexity index is 198. The van der Waals surface area contributed by atoms with Crippen LogP contribution in [-0.4, -0.2) is 30.2 Å². The van der Waals surface area contributed by atoms with Crippen LogP contribution in [0.25, 0.3) is 0 Å². The predicted octanol–water partition coefficient (Wildman–Crippen LogP) is 3.04. The van der Waals surface area contributed by atoms with E-state index in [0.29, 0.717) is 0 Å². The van der Waals surface area contributed by atoms with Crippen molar-refractivity contribution in [2.24, 2.45) is 5.92 Å². The summed E-state index contributed by atoms with van der Waals surface area (Å²) in [6.07, 6.45) is 4.17. The fraction of sp³-hybridized carbons (Fsp3) is 0.917. The average molecular weight is 213 g/mol. The van der Waals surface area contributed by atoms with Gasteiger partial charge in [0, 0.05) is 13.1 Å². The van der Waals surface area contributed by atoms with Crippen molar-refractivity contribution in [1.82, 2.24) is 4.90 Å². The first-order chi connectivity index (χ1) is 7.13. The number of likely N-dealkylation sites (tertiary alicyclic amines) is 1. The lowest BCUT2D eigenvalue weighted by Gasteiger charge is -2.30. The number of amides is 1. The van der Waals surface area contributed by atoms with Crippen LogP contribution in [0.4, 0.5) is 4.79 Å². The van der Waals surface area contributed by atoms with Crippen molar-refractivity contribution >= 4 is 6.09 Å². The number of carbonyl (C=O) groups is 1. The van der Waals surface area contributed by atoms with Gasteiger partial charge in [-0.3, -0.25) is 0 Å². The van der Waals surface area contributed by atoms with Gasteiger partial charge >= 0.3 is 6.09 Å². The predicted molar refractivity (Wildman–Crippen MR) is 60.8 cm³/mol. The Morgan fingerprint density at radius 2 is 2.07 bits per heavy atom. The summed E-state index contributed by atoms with van der Waals surface area (Å²) in [6, 6.07) is 0. The maximum absolute atomic E-state index is 11.7. The maximum Gasteiger partial charge on any atom is 0.410 e. The monoisotopic (exact) mass is 213 g/mol. The summed E-state index contributed by atoms with van der Waals surface area (Å²) < 4.78 is 5.35. The SMILES string of the molecule is CCCC(C)OC(=O)N1CCC(C)CC1. The summed E-state index contributed by atoms with van der Waals surface area (Å²) in [6.45, 7) is 8.03. The van der Waals surface area contributed by atoms with Crippen LogP contribution in [0.5, 0.6) is 0 Å². The third kappa shape index (κ3) is 4.10. The van der Waals surface area contributed by atoms with Crippen molar-refractivity contribution in [1.29, 1.82) is 0 Å². The third-order valence-electron chi connectivity index (χ3n) is 3.04. The zero-order valence-electron chi connectivity index (χ0n) is 10.2. The van der Waals surface area contributed by atoms with Gasteiger partial charge < -0.3 is 9.64 Å². The van der Waals surface area contributed by atoms with Crippen molar-refractivity contribution in [2.45, 2.75) is 52.6 Å². The Balaban J connectivity index is 2.27. The molecule has 1 fully saturated rings. The van der Waals surface area contributed by atoms with E-state index in [1.54, 1.807) is 0 Å².